The Hall–Kier alpha value is -14.6. The third-order valence-corrected chi connectivity index (χ3v) is 15.7. The van der Waals surface area contributed by atoms with Gasteiger partial charge in [0.25, 0.3) is 0 Å². The minimum atomic E-state index is 0.500. The summed E-state index contributed by atoms with van der Waals surface area (Å²) in [4.78, 5) is 0. The van der Waals surface area contributed by atoms with Crippen LogP contribution in [0.3, 0.4) is 0 Å². The summed E-state index contributed by atoms with van der Waals surface area (Å²) in [6.45, 7) is 97.4. The van der Waals surface area contributed by atoms with Gasteiger partial charge in [-0.05, 0) is 83.3 Å². The third-order valence-electron chi connectivity index (χ3n) is 15.7. The molecular formula is C144H196. The molecule has 0 N–H and O–H groups in total. The van der Waals surface area contributed by atoms with E-state index < -0.39 is 0 Å². The van der Waals surface area contributed by atoms with Crippen molar-refractivity contribution in [1.82, 2.24) is 0 Å². The van der Waals surface area contributed by atoms with Crippen LogP contribution in [0.25, 0.3) is 85.1 Å². The van der Waals surface area contributed by atoms with E-state index in [1.807, 2.05) is 551 Å². The predicted molar refractivity (Wildman–Crippen MR) is 680 cm³/mol. The highest BCUT2D eigenvalue weighted by Crippen LogP contribution is 2.10. The van der Waals surface area contributed by atoms with Crippen molar-refractivity contribution in [2.75, 3.05) is 0 Å². The molecule has 0 heterocycles. The molecule has 772 valence electrons. The highest BCUT2D eigenvalue weighted by molar-refractivity contribution is 5.53. The van der Waals surface area contributed by atoms with E-state index in [-0.39, 0.29) is 0 Å². The fourth-order valence-corrected chi connectivity index (χ4v) is 8.60. The molecule has 0 saturated heterocycles. The zero-order valence-electron chi connectivity index (χ0n) is 94.3. The van der Waals surface area contributed by atoms with Crippen LogP contribution < -0.4 is 0 Å². The molecule has 0 nitrogen and oxygen atoms in total. The monoisotopic (exact) mass is 1930 g/mol. The molecule has 0 radical (unpaired) electrons. The topological polar surface area (TPSA) is 0 Å². The van der Waals surface area contributed by atoms with Crippen molar-refractivity contribution in [3.05, 3.63) is 595 Å². The van der Waals surface area contributed by atoms with Gasteiger partial charge in [0.1, 0.15) is 0 Å². The average Bonchev–Trinajstić information content (AvgIpc) is 1.06. The summed E-state index contributed by atoms with van der Waals surface area (Å²) in [6, 6.07) is 140. The molecule has 14 aromatic carbocycles. The quantitative estimate of drug-likeness (QED) is 0.0852. The highest BCUT2D eigenvalue weighted by Gasteiger charge is 1.96. The van der Waals surface area contributed by atoms with Gasteiger partial charge < -0.3 is 0 Å². The fourth-order valence-electron chi connectivity index (χ4n) is 8.60. The Kier molecular flexibility index (Phi) is 136. The number of hydrogen-bond donors (Lipinski definition) is 0. The number of unbranched alkanes of at least 4 members (excludes halogenated alkanes) is 3. The fraction of sp³-hybridized carbons (Fsp3) is 0.222. The van der Waals surface area contributed by atoms with E-state index in [0.29, 0.717) is 5.41 Å². The summed E-state index contributed by atoms with van der Waals surface area (Å²) in [5.41, 5.74) is 16.9. The SMILES string of the molecule is C=Cc1ccccc1.C=Cc1ccccc1.C=Cc1ccccc1.C=Cc1ccccc1.C=Cc1ccccc1.C=Cc1ccccc1.C=Cc1ccccc1.C=Cc1ccccc1.C=Cc1ccccc1.C=Cc1ccccc1.C=Cc1ccccc1.C=Cc1ccccc1.C=Cc1ccccc1.C=Cc1ccccc1.CC.CC.CC.CC(C)(C)C.CCC.CCC.CCC.CCC.CCCC.CCCCC. The highest BCUT2D eigenvalue weighted by atomic mass is 14.0. The van der Waals surface area contributed by atoms with E-state index in [9.17, 15) is 0 Å². The Morgan fingerprint density at radius 2 is 0.188 bits per heavy atom. The molecule has 0 bridgehead atoms. The lowest BCUT2D eigenvalue weighted by Crippen LogP contribution is -1.93. The van der Waals surface area contributed by atoms with Crippen LogP contribution >= 0.6 is 0 Å². The maximum Gasteiger partial charge on any atom is -0.0263 e. The molecule has 14 aromatic rings. The van der Waals surface area contributed by atoms with Gasteiger partial charge in [0.2, 0.25) is 0 Å². The van der Waals surface area contributed by atoms with Gasteiger partial charge in [0, 0.05) is 0 Å². The molecule has 0 atom stereocenters. The molecule has 0 aromatic heterocycles. The van der Waals surface area contributed by atoms with Gasteiger partial charge in [0.05, 0.1) is 0 Å². The average molecular weight is 1930 g/mol. The molecule has 0 aliphatic heterocycles. The minimum absolute atomic E-state index is 0.500. The molecule has 0 aliphatic rings. The van der Waals surface area contributed by atoms with Crippen LogP contribution in [0.15, 0.2) is 517 Å². The van der Waals surface area contributed by atoms with Crippen LogP contribution in [0.2, 0.25) is 0 Å². The van der Waals surface area contributed by atoms with E-state index in [1.54, 1.807) is 0 Å². The lowest BCUT2D eigenvalue weighted by atomic mass is 10.0. The molecule has 0 unspecified atom stereocenters. The molecule has 0 fully saturated rings. The summed E-state index contributed by atoms with van der Waals surface area (Å²) in [5, 5.41) is 0. The maximum atomic E-state index is 3.63. The molecule has 0 saturated carbocycles. The van der Waals surface area contributed by atoms with Gasteiger partial charge in [-0.1, -0.05) is 812 Å². The Balaban J connectivity index is -0.000000164. The first kappa shape index (κ1) is 150. The van der Waals surface area contributed by atoms with Gasteiger partial charge in [-0.15, -0.1) is 0 Å². The van der Waals surface area contributed by atoms with Gasteiger partial charge in [-0.3, -0.25) is 0 Å². The summed E-state index contributed by atoms with van der Waals surface area (Å²) in [6.07, 6.45) is 37.4. The first-order chi connectivity index (χ1) is 70.0. The third kappa shape index (κ3) is 124. The standard InChI is InChI=1S/14C8H8.2C5H12.C4H10.4C3H8.3C2H6/c14*1-2-8-6-4-3-5-7-8;1-5(2,3)4;1-3-5-4-2;1-3-4-2;4*1-3-2;3*1-2/h14*2-7H,1H2;1-4H3;3-5H2,1-2H3;3-4H2,1-2H3;4*3H2,1-2H3;3*1-2H3. The van der Waals surface area contributed by atoms with Gasteiger partial charge in [-0.2, -0.15) is 0 Å². The van der Waals surface area contributed by atoms with Crippen molar-refractivity contribution in [3.63, 3.8) is 0 Å². The van der Waals surface area contributed by atoms with E-state index in [1.165, 1.54) is 136 Å². The van der Waals surface area contributed by atoms with Crippen molar-refractivity contribution in [3.8, 4) is 0 Å². The first-order valence-corrected chi connectivity index (χ1v) is 51.5. The molecule has 0 heteroatoms. The van der Waals surface area contributed by atoms with Crippen molar-refractivity contribution < 1.29 is 0 Å². The Labute approximate surface area is 889 Å². The normalized spacial score (nSPS) is 8.15. The van der Waals surface area contributed by atoms with Crippen LogP contribution in [0.5, 0.6) is 0 Å². The van der Waals surface area contributed by atoms with Crippen molar-refractivity contribution in [2.45, 2.75) is 210 Å². The largest absolute Gasteiger partial charge is 0.0985 e. The predicted octanol–water partition coefficient (Wildman–Crippen LogP) is 47.4. The van der Waals surface area contributed by atoms with Crippen molar-refractivity contribution >= 4 is 85.1 Å². The Morgan fingerprint density at radius 3 is 0.208 bits per heavy atom. The van der Waals surface area contributed by atoms with Crippen molar-refractivity contribution in [2.24, 2.45) is 5.41 Å². The summed E-state index contributed by atoms with van der Waals surface area (Å²) in [7, 11) is 0. The first-order valence-electron chi connectivity index (χ1n) is 51.5. The molecule has 0 spiro atoms. The summed E-state index contributed by atoms with van der Waals surface area (Å²) in [5.74, 6) is 0. The zero-order valence-corrected chi connectivity index (χ0v) is 94.3. The maximum absolute atomic E-state index is 3.63. The molecular weight excluding hydrogens is 1730 g/mol. The van der Waals surface area contributed by atoms with Crippen LogP contribution in [0.1, 0.15) is 288 Å². The second-order valence-corrected chi connectivity index (χ2v) is 30.8. The lowest BCUT2D eigenvalue weighted by molar-refractivity contribution is 0.469. The number of rotatable bonds is 17. The minimum Gasteiger partial charge on any atom is -0.0985 e. The van der Waals surface area contributed by atoms with Gasteiger partial charge >= 0.3 is 0 Å². The van der Waals surface area contributed by atoms with E-state index in [0.717, 1.165) is 0 Å². The molecule has 0 aliphatic carbocycles. The van der Waals surface area contributed by atoms with Crippen LogP contribution in [0, 0.1) is 5.41 Å². The second kappa shape index (κ2) is 130. The Bertz CT molecular complexity index is 3700. The number of benzene rings is 14. The Morgan fingerprint density at radius 1 is 0.132 bits per heavy atom. The zero-order chi connectivity index (χ0) is 110. The van der Waals surface area contributed by atoms with Crippen LogP contribution in [-0.2, 0) is 0 Å². The number of hydrogen-bond acceptors (Lipinski definition) is 0. The van der Waals surface area contributed by atoms with E-state index in [2.05, 4.69) is 203 Å². The molecule has 14 rings (SSSR count). The van der Waals surface area contributed by atoms with Crippen molar-refractivity contribution in [1.29, 1.82) is 0 Å². The molecule has 144 heavy (non-hydrogen) atoms. The smallest absolute Gasteiger partial charge is 0.0263 e. The van der Waals surface area contributed by atoms with Gasteiger partial charge in [0.15, 0.2) is 0 Å². The summed E-state index contributed by atoms with van der Waals surface area (Å²) >= 11 is 0. The lowest BCUT2D eigenvalue weighted by Gasteiger charge is -2.05. The van der Waals surface area contributed by atoms with Crippen LogP contribution in [0.4, 0.5) is 0 Å². The second-order valence-electron chi connectivity index (χ2n) is 30.8. The van der Waals surface area contributed by atoms with Gasteiger partial charge in [-0.25, -0.2) is 0 Å². The van der Waals surface area contributed by atoms with E-state index >= 15 is 0 Å². The van der Waals surface area contributed by atoms with Crippen LogP contribution in [-0.4, -0.2) is 0 Å². The molecule has 0 amide bonds. The summed E-state index contributed by atoms with van der Waals surface area (Å²) < 4.78 is 0. The van der Waals surface area contributed by atoms with E-state index in [4.69, 9.17) is 0 Å².